The van der Waals surface area contributed by atoms with Crippen LogP contribution in [-0.2, 0) is 13.0 Å². The van der Waals surface area contributed by atoms with Crippen molar-refractivity contribution in [2.45, 2.75) is 13.0 Å². The smallest absolute Gasteiger partial charge is 0.336 e. The van der Waals surface area contributed by atoms with E-state index in [-0.39, 0.29) is 17.2 Å². The Morgan fingerprint density at radius 1 is 1.25 bits per heavy atom. The van der Waals surface area contributed by atoms with E-state index < -0.39 is 5.82 Å². The first-order valence-electron chi connectivity index (χ1n) is 6.34. The van der Waals surface area contributed by atoms with Crippen LogP contribution in [-0.4, -0.2) is 38.7 Å². The molecule has 0 radical (unpaired) electrons. The summed E-state index contributed by atoms with van der Waals surface area (Å²) < 4.78 is 15.2. The molecule has 0 unspecified atom stereocenters. The predicted octanol–water partition coefficient (Wildman–Crippen LogP) is 0.409. The third-order valence-corrected chi connectivity index (χ3v) is 3.43. The topological polar surface area (TPSA) is 71.0 Å². The lowest BCUT2D eigenvalue weighted by atomic mass is 10.2. The van der Waals surface area contributed by atoms with Gasteiger partial charge in [-0.2, -0.15) is 5.10 Å². The van der Waals surface area contributed by atoms with Crippen molar-refractivity contribution in [2.24, 2.45) is 0 Å². The van der Waals surface area contributed by atoms with Crippen molar-refractivity contribution in [3.63, 3.8) is 0 Å². The average Bonchev–Trinajstić information content (AvgIpc) is 2.68. The second kappa shape index (κ2) is 4.92. The molecule has 3 rings (SSSR count). The molecule has 1 aromatic carbocycles. The Bertz CT molecular complexity index is 706. The van der Waals surface area contributed by atoms with Gasteiger partial charge in [-0.25, -0.2) is 14.3 Å². The van der Waals surface area contributed by atoms with Gasteiger partial charge in [0.15, 0.2) is 0 Å². The zero-order valence-corrected chi connectivity index (χ0v) is 10.7. The number of rotatable bonds is 1. The van der Waals surface area contributed by atoms with Crippen LogP contribution >= 0.6 is 0 Å². The molecule has 1 aromatic heterocycles. The molecule has 1 N–H and O–H groups in total. The van der Waals surface area contributed by atoms with E-state index in [2.05, 4.69) is 10.2 Å². The number of hydrogen-bond acceptors (Lipinski definition) is 3. The largest absolute Gasteiger partial charge is 0.343 e. The highest BCUT2D eigenvalue weighted by Gasteiger charge is 2.23. The van der Waals surface area contributed by atoms with Gasteiger partial charge in [0.05, 0.1) is 5.56 Å². The number of H-pyrrole nitrogens is 1. The van der Waals surface area contributed by atoms with E-state index in [9.17, 15) is 14.0 Å². The van der Waals surface area contributed by atoms with Gasteiger partial charge < -0.3 is 4.90 Å². The number of aromatic nitrogens is 3. The summed E-state index contributed by atoms with van der Waals surface area (Å²) in [6.45, 7) is 1.14. The summed E-state index contributed by atoms with van der Waals surface area (Å²) in [7, 11) is 0. The Morgan fingerprint density at radius 2 is 2.05 bits per heavy atom. The summed E-state index contributed by atoms with van der Waals surface area (Å²) >= 11 is 0. The van der Waals surface area contributed by atoms with E-state index in [1.165, 1.54) is 16.7 Å². The highest BCUT2D eigenvalue weighted by molar-refractivity contribution is 5.94. The molecule has 0 spiro atoms. The van der Waals surface area contributed by atoms with Crippen LogP contribution in [0.15, 0.2) is 29.1 Å². The van der Waals surface area contributed by atoms with Crippen molar-refractivity contribution in [2.75, 3.05) is 13.1 Å². The lowest BCUT2D eigenvalue weighted by Crippen LogP contribution is -2.35. The predicted molar refractivity (Wildman–Crippen MR) is 68.9 cm³/mol. The molecule has 2 heterocycles. The number of benzene rings is 1. The molecule has 6 nitrogen and oxygen atoms in total. The van der Waals surface area contributed by atoms with E-state index in [1.807, 2.05) is 0 Å². The van der Waals surface area contributed by atoms with Gasteiger partial charge in [0, 0.05) is 26.1 Å². The molecule has 2 aromatic rings. The molecule has 0 saturated heterocycles. The van der Waals surface area contributed by atoms with E-state index in [1.54, 1.807) is 17.0 Å². The van der Waals surface area contributed by atoms with Crippen LogP contribution in [0.4, 0.5) is 4.39 Å². The third-order valence-electron chi connectivity index (χ3n) is 3.43. The molecule has 1 aliphatic rings. The van der Waals surface area contributed by atoms with Crippen LogP contribution in [0.1, 0.15) is 16.2 Å². The monoisotopic (exact) mass is 276 g/mol. The van der Waals surface area contributed by atoms with Crippen LogP contribution in [0.2, 0.25) is 0 Å². The number of aromatic amines is 1. The second-order valence-corrected chi connectivity index (χ2v) is 4.62. The summed E-state index contributed by atoms with van der Waals surface area (Å²) in [5, 5.41) is 6.30. The molecule has 0 atom stereocenters. The number of amides is 1. The molecule has 0 saturated carbocycles. The number of nitrogens with one attached hydrogen (secondary N) is 1. The molecule has 1 aliphatic heterocycles. The Balaban J connectivity index is 1.82. The van der Waals surface area contributed by atoms with Gasteiger partial charge in [0.1, 0.15) is 11.6 Å². The SMILES string of the molecule is O=C(c1ccccc1F)N1CCc2n[nH]c(=O)n2CC1. The Hall–Kier alpha value is -2.44. The number of carbonyl (C=O) groups is 1. The minimum atomic E-state index is -0.530. The fourth-order valence-electron chi connectivity index (χ4n) is 2.35. The lowest BCUT2D eigenvalue weighted by Gasteiger charge is -2.20. The lowest BCUT2D eigenvalue weighted by molar-refractivity contribution is 0.0754. The minimum absolute atomic E-state index is 0.0564. The fraction of sp³-hybridized carbons (Fsp3) is 0.308. The van der Waals surface area contributed by atoms with Gasteiger partial charge >= 0.3 is 5.69 Å². The summed E-state index contributed by atoms with van der Waals surface area (Å²) in [4.78, 5) is 25.3. The Morgan fingerprint density at radius 3 is 2.85 bits per heavy atom. The Kier molecular flexibility index (Phi) is 3.09. The van der Waals surface area contributed by atoms with Crippen LogP contribution in [0.25, 0.3) is 0 Å². The maximum Gasteiger partial charge on any atom is 0.343 e. The van der Waals surface area contributed by atoms with E-state index >= 15 is 0 Å². The molecule has 104 valence electrons. The van der Waals surface area contributed by atoms with E-state index in [4.69, 9.17) is 0 Å². The van der Waals surface area contributed by atoms with Gasteiger partial charge in [-0.1, -0.05) is 12.1 Å². The standard InChI is InChI=1S/C13H13FN4O2/c14-10-4-2-1-3-9(10)12(19)17-6-5-11-15-16-13(20)18(11)8-7-17/h1-4H,5-8H2,(H,16,20). The maximum atomic E-state index is 13.6. The van der Waals surface area contributed by atoms with Crippen molar-refractivity contribution < 1.29 is 9.18 Å². The van der Waals surface area contributed by atoms with Crippen LogP contribution in [0.3, 0.4) is 0 Å². The maximum absolute atomic E-state index is 13.6. The normalized spacial score (nSPS) is 14.8. The number of nitrogens with zero attached hydrogens (tertiary/aromatic N) is 3. The fourth-order valence-corrected chi connectivity index (χ4v) is 2.35. The number of hydrogen-bond donors (Lipinski definition) is 1. The van der Waals surface area contributed by atoms with Gasteiger partial charge in [0.2, 0.25) is 0 Å². The number of fused-ring (bicyclic) bond motifs is 1. The van der Waals surface area contributed by atoms with Crippen molar-refractivity contribution in [3.8, 4) is 0 Å². The highest BCUT2D eigenvalue weighted by atomic mass is 19.1. The van der Waals surface area contributed by atoms with Crippen LogP contribution in [0, 0.1) is 5.82 Å². The van der Waals surface area contributed by atoms with Crippen LogP contribution in [0.5, 0.6) is 0 Å². The van der Waals surface area contributed by atoms with Crippen molar-refractivity contribution in [1.29, 1.82) is 0 Å². The van der Waals surface area contributed by atoms with Gasteiger partial charge in [-0.3, -0.25) is 9.36 Å². The zero-order chi connectivity index (χ0) is 14.1. The molecule has 20 heavy (non-hydrogen) atoms. The Labute approximate surface area is 113 Å². The summed E-state index contributed by atoms with van der Waals surface area (Å²) in [6, 6.07) is 5.91. The quantitative estimate of drug-likeness (QED) is 0.820. The first-order chi connectivity index (χ1) is 9.66. The first-order valence-corrected chi connectivity index (χ1v) is 6.34. The molecule has 0 aliphatic carbocycles. The molecule has 7 heteroatoms. The zero-order valence-electron chi connectivity index (χ0n) is 10.7. The molecular weight excluding hydrogens is 263 g/mol. The van der Waals surface area contributed by atoms with Gasteiger partial charge in [0.25, 0.3) is 5.91 Å². The van der Waals surface area contributed by atoms with Gasteiger partial charge in [-0.15, -0.1) is 0 Å². The summed E-state index contributed by atoms with van der Waals surface area (Å²) in [5.41, 5.74) is -0.221. The highest BCUT2D eigenvalue weighted by Crippen LogP contribution is 2.12. The summed E-state index contributed by atoms with van der Waals surface area (Å²) in [6.07, 6.45) is 0.471. The second-order valence-electron chi connectivity index (χ2n) is 4.62. The van der Waals surface area contributed by atoms with Crippen LogP contribution < -0.4 is 5.69 Å². The van der Waals surface area contributed by atoms with E-state index in [0.29, 0.717) is 31.9 Å². The molecule has 1 amide bonds. The third kappa shape index (κ3) is 2.11. The molecule has 0 bridgehead atoms. The summed E-state index contributed by atoms with van der Waals surface area (Å²) in [5.74, 6) is -0.263. The van der Waals surface area contributed by atoms with E-state index in [0.717, 1.165) is 0 Å². The molecular formula is C13H13FN4O2. The average molecular weight is 276 g/mol. The van der Waals surface area contributed by atoms with Crippen molar-refractivity contribution in [1.82, 2.24) is 19.7 Å². The number of carbonyl (C=O) groups excluding carboxylic acids is 1. The van der Waals surface area contributed by atoms with Gasteiger partial charge in [-0.05, 0) is 12.1 Å². The van der Waals surface area contributed by atoms with Crippen molar-refractivity contribution >= 4 is 5.91 Å². The minimum Gasteiger partial charge on any atom is -0.336 e. The molecule has 0 fully saturated rings. The number of halogens is 1. The van der Waals surface area contributed by atoms with Crippen molar-refractivity contribution in [3.05, 3.63) is 52.0 Å². The first kappa shape index (κ1) is 12.6.